The Balaban J connectivity index is 2.63. The molecule has 108 valence electrons. The van der Waals surface area contributed by atoms with E-state index in [0.29, 0.717) is 12.1 Å². The molecule has 2 rings (SSSR count). The first kappa shape index (κ1) is 14.6. The van der Waals surface area contributed by atoms with Crippen LogP contribution in [0.4, 0.5) is 31.5 Å². The fourth-order valence-corrected chi connectivity index (χ4v) is 2.19. The summed E-state index contributed by atoms with van der Waals surface area (Å²) in [6.45, 7) is 0. The topological polar surface area (TPSA) is 38.9 Å². The highest BCUT2D eigenvalue weighted by Crippen LogP contribution is 2.39. The molecular formula is C11H6F6N2S. The van der Waals surface area contributed by atoms with Crippen molar-refractivity contribution in [3.63, 3.8) is 0 Å². The minimum Gasteiger partial charge on any atom is -0.375 e. The van der Waals surface area contributed by atoms with E-state index in [1.165, 1.54) is 0 Å². The monoisotopic (exact) mass is 312 g/mol. The van der Waals surface area contributed by atoms with Crippen LogP contribution < -0.4 is 5.73 Å². The van der Waals surface area contributed by atoms with E-state index in [2.05, 4.69) is 4.98 Å². The summed E-state index contributed by atoms with van der Waals surface area (Å²) in [5.41, 5.74) is 2.37. The summed E-state index contributed by atoms with van der Waals surface area (Å²) in [7, 11) is 0. The van der Waals surface area contributed by atoms with Crippen LogP contribution in [0.1, 0.15) is 11.1 Å². The molecule has 0 aliphatic heterocycles. The van der Waals surface area contributed by atoms with Crippen molar-refractivity contribution in [3.05, 3.63) is 35.5 Å². The first-order valence-electron chi connectivity index (χ1n) is 5.08. The molecule has 0 amide bonds. The van der Waals surface area contributed by atoms with Crippen LogP contribution in [0.3, 0.4) is 0 Å². The molecule has 0 unspecified atom stereocenters. The summed E-state index contributed by atoms with van der Waals surface area (Å²) in [6.07, 6.45) is -8.60. The molecule has 2 aromatic rings. The summed E-state index contributed by atoms with van der Waals surface area (Å²) < 4.78 is 75.9. The standard InChI is InChI=1S/C11H6F6N2S/c12-10(13,14)6-1-5(8-4-19-9(18)20-8)2-7(3-6)11(15,16)17/h1-4H,(H2,18,19). The molecule has 20 heavy (non-hydrogen) atoms. The summed E-state index contributed by atoms with van der Waals surface area (Å²) in [4.78, 5) is 3.75. The minimum atomic E-state index is -4.87. The Morgan fingerprint density at radius 2 is 1.40 bits per heavy atom. The number of nitrogen functional groups attached to an aromatic ring is 1. The second-order valence-electron chi connectivity index (χ2n) is 3.86. The zero-order valence-corrected chi connectivity index (χ0v) is 10.3. The van der Waals surface area contributed by atoms with Gasteiger partial charge in [0.1, 0.15) is 0 Å². The van der Waals surface area contributed by atoms with Crippen molar-refractivity contribution in [2.45, 2.75) is 12.4 Å². The molecule has 0 fully saturated rings. The van der Waals surface area contributed by atoms with Gasteiger partial charge in [-0.1, -0.05) is 11.3 Å². The molecule has 2 nitrogen and oxygen atoms in total. The molecule has 0 bridgehead atoms. The van der Waals surface area contributed by atoms with Crippen LogP contribution in [0.5, 0.6) is 0 Å². The lowest BCUT2D eigenvalue weighted by atomic mass is 10.0. The third-order valence-electron chi connectivity index (χ3n) is 2.40. The number of alkyl halides is 6. The van der Waals surface area contributed by atoms with E-state index in [4.69, 9.17) is 5.73 Å². The molecular weight excluding hydrogens is 306 g/mol. The minimum absolute atomic E-state index is 0.0611. The predicted octanol–water partition coefficient (Wildman–Crippen LogP) is 4.43. The van der Waals surface area contributed by atoms with Gasteiger partial charge in [0.15, 0.2) is 5.13 Å². The van der Waals surface area contributed by atoms with E-state index >= 15 is 0 Å². The smallest absolute Gasteiger partial charge is 0.375 e. The normalized spacial score (nSPS) is 12.7. The third kappa shape index (κ3) is 3.03. The molecule has 0 radical (unpaired) electrons. The molecule has 0 saturated carbocycles. The molecule has 9 heteroatoms. The summed E-state index contributed by atoms with van der Waals surface area (Å²) in [5.74, 6) is 0. The van der Waals surface area contributed by atoms with Gasteiger partial charge in [0.2, 0.25) is 0 Å². The highest BCUT2D eigenvalue weighted by molar-refractivity contribution is 7.18. The molecule has 0 saturated heterocycles. The van der Waals surface area contributed by atoms with Crippen molar-refractivity contribution in [2.75, 3.05) is 5.73 Å². The fourth-order valence-electron chi connectivity index (χ4n) is 1.52. The quantitative estimate of drug-likeness (QED) is 0.791. The summed E-state index contributed by atoms with van der Waals surface area (Å²) in [6, 6.07) is 1.36. The van der Waals surface area contributed by atoms with Crippen molar-refractivity contribution < 1.29 is 26.3 Å². The molecule has 2 N–H and O–H groups in total. The van der Waals surface area contributed by atoms with E-state index in [1.54, 1.807) is 0 Å². The van der Waals surface area contributed by atoms with Crippen molar-refractivity contribution in [1.29, 1.82) is 0 Å². The SMILES string of the molecule is Nc1ncc(-c2cc(C(F)(F)F)cc(C(F)(F)F)c2)s1. The second-order valence-corrected chi connectivity index (χ2v) is 4.92. The van der Waals surface area contributed by atoms with Gasteiger partial charge in [-0.05, 0) is 23.8 Å². The molecule has 1 heterocycles. The van der Waals surface area contributed by atoms with E-state index in [-0.39, 0.29) is 21.6 Å². The maximum atomic E-state index is 12.7. The predicted molar refractivity (Wildman–Crippen MR) is 62.0 cm³/mol. The van der Waals surface area contributed by atoms with Gasteiger partial charge in [-0.25, -0.2) is 4.98 Å². The van der Waals surface area contributed by atoms with Crippen molar-refractivity contribution in [3.8, 4) is 10.4 Å². The van der Waals surface area contributed by atoms with Gasteiger partial charge in [-0.3, -0.25) is 0 Å². The van der Waals surface area contributed by atoms with E-state index < -0.39 is 23.5 Å². The van der Waals surface area contributed by atoms with Gasteiger partial charge in [-0.2, -0.15) is 26.3 Å². The van der Waals surface area contributed by atoms with Crippen LogP contribution in [0, 0.1) is 0 Å². The molecule has 1 aromatic carbocycles. The first-order valence-corrected chi connectivity index (χ1v) is 5.90. The number of anilines is 1. The summed E-state index contributed by atoms with van der Waals surface area (Å²) in [5, 5.41) is 0.0611. The highest BCUT2D eigenvalue weighted by Gasteiger charge is 2.37. The zero-order chi connectivity index (χ0) is 15.1. The largest absolute Gasteiger partial charge is 0.416 e. The van der Waals surface area contributed by atoms with E-state index in [9.17, 15) is 26.3 Å². The van der Waals surface area contributed by atoms with Crippen molar-refractivity contribution in [2.24, 2.45) is 0 Å². The van der Waals surface area contributed by atoms with Gasteiger partial charge in [0.05, 0.1) is 16.0 Å². The lowest BCUT2D eigenvalue weighted by molar-refractivity contribution is -0.143. The number of halogens is 6. The van der Waals surface area contributed by atoms with Crippen molar-refractivity contribution >= 4 is 16.5 Å². The Bertz CT molecular complexity index is 596. The number of rotatable bonds is 1. The number of nitrogens with zero attached hydrogens (tertiary/aromatic N) is 1. The number of hydrogen-bond acceptors (Lipinski definition) is 3. The molecule has 0 aliphatic rings. The van der Waals surface area contributed by atoms with Crippen LogP contribution in [0.25, 0.3) is 10.4 Å². The Morgan fingerprint density at radius 1 is 0.900 bits per heavy atom. The van der Waals surface area contributed by atoms with Crippen LogP contribution >= 0.6 is 11.3 Å². The number of nitrogens with two attached hydrogens (primary N) is 1. The number of benzene rings is 1. The van der Waals surface area contributed by atoms with E-state index in [0.717, 1.165) is 17.5 Å². The highest BCUT2D eigenvalue weighted by atomic mass is 32.1. The first-order chi connectivity index (χ1) is 9.07. The van der Waals surface area contributed by atoms with Crippen LogP contribution in [0.2, 0.25) is 0 Å². The average molecular weight is 312 g/mol. The van der Waals surface area contributed by atoms with E-state index in [1.807, 2.05) is 0 Å². The van der Waals surface area contributed by atoms with Gasteiger partial charge < -0.3 is 5.73 Å². The Kier molecular flexibility index (Phi) is 3.41. The maximum absolute atomic E-state index is 12.7. The zero-order valence-electron chi connectivity index (χ0n) is 9.51. The van der Waals surface area contributed by atoms with Gasteiger partial charge in [0.25, 0.3) is 0 Å². The fraction of sp³-hybridized carbons (Fsp3) is 0.182. The third-order valence-corrected chi connectivity index (χ3v) is 3.27. The Labute approximate surface area is 112 Å². The van der Waals surface area contributed by atoms with Gasteiger partial charge in [0, 0.05) is 6.20 Å². The van der Waals surface area contributed by atoms with Crippen molar-refractivity contribution in [1.82, 2.24) is 4.98 Å². The van der Waals surface area contributed by atoms with Gasteiger partial charge >= 0.3 is 12.4 Å². The van der Waals surface area contributed by atoms with Crippen LogP contribution in [0.15, 0.2) is 24.4 Å². The summed E-state index contributed by atoms with van der Waals surface area (Å²) >= 11 is 0.811. The molecule has 1 aromatic heterocycles. The Hall–Kier alpha value is -1.77. The molecule has 0 atom stereocenters. The lowest BCUT2D eigenvalue weighted by Crippen LogP contribution is -2.10. The van der Waals surface area contributed by atoms with Crippen LogP contribution in [-0.2, 0) is 12.4 Å². The number of hydrogen-bond donors (Lipinski definition) is 1. The lowest BCUT2D eigenvalue weighted by Gasteiger charge is -2.13. The second kappa shape index (κ2) is 4.65. The number of thiazole rings is 1. The van der Waals surface area contributed by atoms with Crippen LogP contribution in [-0.4, -0.2) is 4.98 Å². The maximum Gasteiger partial charge on any atom is 0.416 e. The average Bonchev–Trinajstić information content (AvgIpc) is 2.73. The van der Waals surface area contributed by atoms with Gasteiger partial charge in [-0.15, -0.1) is 0 Å². The molecule has 0 spiro atoms. The molecule has 0 aliphatic carbocycles. The Morgan fingerprint density at radius 3 is 1.75 bits per heavy atom. The number of aromatic nitrogens is 1.